The first kappa shape index (κ1) is 28.5. The lowest BCUT2D eigenvalue weighted by atomic mass is 9.95. The number of methoxy groups -OCH3 is 1. The Labute approximate surface area is 258 Å². The van der Waals surface area contributed by atoms with Gasteiger partial charge in [-0.05, 0) is 60.4 Å². The standard InChI is InChI=1S/C33H35N5O5S/c1-33(2)19-16-38(32(42)23-14-18-20(35-23)8-6-9-25(18)43-3)24(28(19)33)15-27(39)36-22(13-17-11-12-34-30(17)41)29(40)31-37-21-7-4-5-10-26(21)44-31/h4-10,14,17,19,22,24,28,35H,11-13,15-16H2,1-3H3,(H,34,41)(H,36,39)/t17-,19-,22-,24+,28-/m0/s1. The lowest BCUT2D eigenvalue weighted by Gasteiger charge is -2.31. The van der Waals surface area contributed by atoms with Crippen LogP contribution in [0.25, 0.3) is 21.1 Å². The maximum Gasteiger partial charge on any atom is 0.270 e. The highest BCUT2D eigenvalue weighted by Crippen LogP contribution is 2.65. The van der Waals surface area contributed by atoms with Gasteiger partial charge >= 0.3 is 0 Å². The van der Waals surface area contributed by atoms with Crippen LogP contribution in [0.5, 0.6) is 5.75 Å². The highest BCUT2D eigenvalue weighted by molar-refractivity contribution is 7.20. The molecule has 228 valence electrons. The third kappa shape index (κ3) is 4.83. The van der Waals surface area contributed by atoms with Crippen molar-refractivity contribution in [2.75, 3.05) is 20.2 Å². The predicted molar refractivity (Wildman–Crippen MR) is 167 cm³/mol. The van der Waals surface area contributed by atoms with Crippen molar-refractivity contribution in [1.29, 1.82) is 0 Å². The molecular formula is C33H35N5O5S. The topological polar surface area (TPSA) is 133 Å². The Morgan fingerprint density at radius 2 is 2.00 bits per heavy atom. The number of aromatic nitrogens is 2. The van der Waals surface area contributed by atoms with E-state index in [2.05, 4.69) is 34.4 Å². The molecular weight excluding hydrogens is 578 g/mol. The van der Waals surface area contributed by atoms with Gasteiger partial charge in [-0.25, -0.2) is 4.98 Å². The molecule has 0 bridgehead atoms. The summed E-state index contributed by atoms with van der Waals surface area (Å²) in [5.41, 5.74) is 1.99. The van der Waals surface area contributed by atoms with E-state index < -0.39 is 6.04 Å². The molecule has 4 aromatic rings. The molecule has 10 nitrogen and oxygen atoms in total. The number of benzene rings is 2. The van der Waals surface area contributed by atoms with Crippen LogP contribution < -0.4 is 15.4 Å². The Morgan fingerprint density at radius 3 is 2.75 bits per heavy atom. The summed E-state index contributed by atoms with van der Waals surface area (Å²) in [5, 5.41) is 6.93. The largest absolute Gasteiger partial charge is 0.496 e. The molecule has 0 unspecified atom stereocenters. The third-order valence-electron chi connectivity index (χ3n) is 9.92. The minimum atomic E-state index is -0.897. The number of Topliss-reactive ketones (excluding diaryl/α,β-unsaturated/α-hetero) is 1. The first-order valence-corrected chi connectivity index (χ1v) is 15.9. The molecule has 2 aliphatic heterocycles. The minimum Gasteiger partial charge on any atom is -0.496 e. The Hall–Kier alpha value is -4.25. The monoisotopic (exact) mass is 613 g/mol. The zero-order valence-electron chi connectivity index (χ0n) is 24.9. The molecule has 3 N–H and O–H groups in total. The van der Waals surface area contributed by atoms with Crippen molar-refractivity contribution < 1.29 is 23.9 Å². The second kappa shape index (κ2) is 10.7. The summed E-state index contributed by atoms with van der Waals surface area (Å²) < 4.78 is 6.36. The van der Waals surface area contributed by atoms with Gasteiger partial charge in [0.05, 0.1) is 23.4 Å². The van der Waals surface area contributed by atoms with Crippen LogP contribution in [0.2, 0.25) is 0 Å². The number of ether oxygens (including phenoxy) is 1. The molecule has 3 fully saturated rings. The number of likely N-dealkylation sites (tertiary alicyclic amines) is 1. The first-order valence-electron chi connectivity index (χ1n) is 15.1. The van der Waals surface area contributed by atoms with E-state index in [1.54, 1.807) is 7.11 Å². The quantitative estimate of drug-likeness (QED) is 0.243. The lowest BCUT2D eigenvalue weighted by molar-refractivity contribution is -0.125. The summed E-state index contributed by atoms with van der Waals surface area (Å²) in [6, 6.07) is 13.7. The van der Waals surface area contributed by atoms with Crippen LogP contribution in [-0.2, 0) is 9.59 Å². The third-order valence-corrected chi connectivity index (χ3v) is 11.0. The van der Waals surface area contributed by atoms with Gasteiger partial charge in [0, 0.05) is 42.4 Å². The van der Waals surface area contributed by atoms with Gasteiger partial charge in [0.2, 0.25) is 17.6 Å². The van der Waals surface area contributed by atoms with Crippen molar-refractivity contribution in [3.05, 3.63) is 59.2 Å². The average molecular weight is 614 g/mol. The molecule has 5 atom stereocenters. The molecule has 3 amide bonds. The van der Waals surface area contributed by atoms with Crippen molar-refractivity contribution in [3.8, 4) is 5.75 Å². The second-order valence-electron chi connectivity index (χ2n) is 12.8. The van der Waals surface area contributed by atoms with Crippen LogP contribution in [-0.4, -0.2) is 70.7 Å². The highest BCUT2D eigenvalue weighted by Gasteiger charge is 2.67. The number of para-hydroxylation sites is 1. The number of thiazole rings is 1. The first-order chi connectivity index (χ1) is 21.2. The highest BCUT2D eigenvalue weighted by atomic mass is 32.1. The molecule has 2 aromatic heterocycles. The summed E-state index contributed by atoms with van der Waals surface area (Å²) in [6.45, 7) is 5.48. The van der Waals surface area contributed by atoms with E-state index in [0.29, 0.717) is 41.9 Å². The van der Waals surface area contributed by atoms with E-state index in [1.807, 2.05) is 53.4 Å². The number of nitrogens with zero attached hydrogens (tertiary/aromatic N) is 2. The number of H-pyrrole nitrogens is 1. The molecule has 2 aromatic carbocycles. The van der Waals surface area contributed by atoms with E-state index in [4.69, 9.17) is 4.74 Å². The Bertz CT molecular complexity index is 1780. The van der Waals surface area contributed by atoms with Crippen LogP contribution in [0.4, 0.5) is 0 Å². The van der Waals surface area contributed by atoms with Gasteiger partial charge in [0.25, 0.3) is 5.91 Å². The van der Waals surface area contributed by atoms with Crippen LogP contribution in [0.3, 0.4) is 0 Å². The molecule has 7 rings (SSSR count). The Morgan fingerprint density at radius 1 is 1.18 bits per heavy atom. The number of fused-ring (bicyclic) bond motifs is 3. The lowest BCUT2D eigenvalue weighted by Crippen LogP contribution is -2.47. The summed E-state index contributed by atoms with van der Waals surface area (Å²) in [5.74, 6) is -0.0867. The van der Waals surface area contributed by atoms with Gasteiger partial charge in [-0.1, -0.05) is 32.0 Å². The van der Waals surface area contributed by atoms with E-state index in [0.717, 1.165) is 21.1 Å². The smallest absolute Gasteiger partial charge is 0.270 e. The van der Waals surface area contributed by atoms with E-state index in [9.17, 15) is 19.2 Å². The summed E-state index contributed by atoms with van der Waals surface area (Å²) >= 11 is 1.29. The normalized spacial score (nSPS) is 24.2. The summed E-state index contributed by atoms with van der Waals surface area (Å²) in [6.07, 6.45) is 0.880. The number of piperidine rings is 1. The minimum absolute atomic E-state index is 0.0174. The van der Waals surface area contributed by atoms with Gasteiger partial charge in [-0.2, -0.15) is 0 Å². The zero-order chi connectivity index (χ0) is 30.7. The molecule has 1 aliphatic carbocycles. The van der Waals surface area contributed by atoms with Gasteiger partial charge in [-0.15, -0.1) is 11.3 Å². The molecule has 0 spiro atoms. The van der Waals surface area contributed by atoms with Crippen molar-refractivity contribution in [2.45, 2.75) is 45.2 Å². The summed E-state index contributed by atoms with van der Waals surface area (Å²) in [4.78, 5) is 63.4. The van der Waals surface area contributed by atoms with Gasteiger partial charge < -0.3 is 25.3 Å². The van der Waals surface area contributed by atoms with Crippen LogP contribution in [0.15, 0.2) is 48.5 Å². The maximum atomic E-state index is 13.9. The number of aromatic amines is 1. The average Bonchev–Trinajstić information content (AvgIpc) is 3.64. The van der Waals surface area contributed by atoms with Crippen molar-refractivity contribution >= 4 is 56.0 Å². The number of hydrogen-bond acceptors (Lipinski definition) is 7. The van der Waals surface area contributed by atoms with Crippen LogP contribution in [0.1, 0.15) is 53.4 Å². The number of hydrogen-bond donors (Lipinski definition) is 3. The van der Waals surface area contributed by atoms with Crippen LogP contribution >= 0.6 is 11.3 Å². The number of nitrogens with one attached hydrogen (secondary N) is 3. The van der Waals surface area contributed by atoms with E-state index in [1.165, 1.54) is 11.3 Å². The van der Waals surface area contributed by atoms with E-state index >= 15 is 0 Å². The van der Waals surface area contributed by atoms with Gasteiger partial charge in [0.15, 0.2) is 5.01 Å². The van der Waals surface area contributed by atoms with Gasteiger partial charge in [0.1, 0.15) is 11.4 Å². The van der Waals surface area contributed by atoms with Crippen molar-refractivity contribution in [1.82, 2.24) is 25.5 Å². The maximum absolute atomic E-state index is 13.9. The predicted octanol–water partition coefficient (Wildman–Crippen LogP) is 4.17. The van der Waals surface area contributed by atoms with Gasteiger partial charge in [-0.3, -0.25) is 19.2 Å². The Kier molecular flexibility index (Phi) is 6.95. The molecule has 11 heteroatoms. The fourth-order valence-electron chi connectivity index (χ4n) is 7.44. The van der Waals surface area contributed by atoms with Crippen molar-refractivity contribution in [2.24, 2.45) is 23.2 Å². The van der Waals surface area contributed by atoms with Crippen molar-refractivity contribution in [3.63, 3.8) is 0 Å². The molecule has 4 heterocycles. The van der Waals surface area contributed by atoms with E-state index in [-0.39, 0.29) is 59.6 Å². The number of amides is 3. The summed E-state index contributed by atoms with van der Waals surface area (Å²) in [7, 11) is 1.60. The molecule has 1 saturated carbocycles. The fraction of sp³-hybridized carbons (Fsp3) is 0.424. The Balaban J connectivity index is 1.12. The van der Waals surface area contributed by atoms with Crippen LogP contribution in [0, 0.1) is 23.2 Å². The number of carbonyl (C=O) groups excluding carboxylic acids is 4. The number of rotatable bonds is 9. The number of ketones is 1. The molecule has 44 heavy (non-hydrogen) atoms. The molecule has 3 aliphatic rings. The molecule has 2 saturated heterocycles. The number of carbonyl (C=O) groups is 4. The second-order valence-corrected chi connectivity index (χ2v) is 13.8. The fourth-order valence-corrected chi connectivity index (χ4v) is 8.40. The SMILES string of the molecule is COc1cccc2[nH]c(C(=O)N3C[C@H]4[C@@H]([C@H]3CC(=O)N[C@@H](C[C@@H]3CCNC3=O)C(=O)c3nc5ccccc5s3)C4(C)C)cc12. The zero-order valence-corrected chi connectivity index (χ0v) is 25.7. The molecule has 0 radical (unpaired) electrons.